The minimum atomic E-state index is -0.415. The van der Waals surface area contributed by atoms with Gasteiger partial charge in [-0.2, -0.15) is 10.4 Å². The number of carbonyl (C=O) groups is 1. The fourth-order valence-corrected chi connectivity index (χ4v) is 4.13. The Kier molecular flexibility index (Phi) is 8.53. The molecular formula is C29H32N4O3. The molecule has 1 aliphatic heterocycles. The van der Waals surface area contributed by atoms with Gasteiger partial charge < -0.3 is 14.8 Å². The van der Waals surface area contributed by atoms with Crippen molar-refractivity contribution in [1.29, 1.82) is 5.26 Å². The summed E-state index contributed by atoms with van der Waals surface area (Å²) in [5, 5.41) is 17.4. The van der Waals surface area contributed by atoms with Crippen molar-refractivity contribution in [2.24, 2.45) is 0 Å². The summed E-state index contributed by atoms with van der Waals surface area (Å²) in [6.07, 6.45) is 7.44. The molecule has 2 aromatic carbocycles. The maximum Gasteiger partial charge on any atom is 0.262 e. The van der Waals surface area contributed by atoms with Crippen molar-refractivity contribution in [2.75, 3.05) is 19.8 Å². The number of hydrogen-bond donors (Lipinski definition) is 1. The highest BCUT2D eigenvalue weighted by Gasteiger charge is 2.19. The van der Waals surface area contributed by atoms with Gasteiger partial charge >= 0.3 is 0 Å². The Labute approximate surface area is 212 Å². The molecule has 1 saturated heterocycles. The van der Waals surface area contributed by atoms with E-state index in [1.165, 1.54) is 0 Å². The van der Waals surface area contributed by atoms with E-state index in [9.17, 15) is 10.1 Å². The van der Waals surface area contributed by atoms with Gasteiger partial charge in [-0.1, -0.05) is 31.5 Å². The summed E-state index contributed by atoms with van der Waals surface area (Å²) in [6.45, 7) is 5.93. The first kappa shape index (κ1) is 25.2. The van der Waals surface area contributed by atoms with E-state index in [4.69, 9.17) is 14.6 Å². The van der Waals surface area contributed by atoms with Crippen molar-refractivity contribution < 1.29 is 14.3 Å². The summed E-state index contributed by atoms with van der Waals surface area (Å²) in [7, 11) is 0. The second-order valence-corrected chi connectivity index (χ2v) is 8.91. The van der Waals surface area contributed by atoms with E-state index >= 15 is 0 Å². The van der Waals surface area contributed by atoms with E-state index in [0.29, 0.717) is 31.0 Å². The maximum absolute atomic E-state index is 12.8. The molecule has 7 heteroatoms. The van der Waals surface area contributed by atoms with E-state index in [1.54, 1.807) is 10.8 Å². The number of unbranched alkanes of at least 4 members (excludes halogenated alkanes) is 1. The SMILES string of the molecule is CCCCOc1ccc(-c2nn(-c3ccccc3)cc2/C=C(/C#N)C(=O)NC[C@@H]2CCCO2)cc1C. The van der Waals surface area contributed by atoms with Crippen LogP contribution < -0.4 is 10.1 Å². The summed E-state index contributed by atoms with van der Waals surface area (Å²) in [6, 6.07) is 17.7. The number of benzene rings is 2. The van der Waals surface area contributed by atoms with Crippen molar-refractivity contribution in [3.05, 3.63) is 71.4 Å². The van der Waals surface area contributed by atoms with E-state index in [2.05, 4.69) is 18.3 Å². The first-order valence-corrected chi connectivity index (χ1v) is 12.5. The number of aryl methyl sites for hydroxylation is 1. The summed E-state index contributed by atoms with van der Waals surface area (Å²) in [5.41, 5.74) is 4.16. The number of aromatic nitrogens is 2. The standard InChI is InChI=1S/C29H32N4O3/c1-3-4-14-36-27-13-12-22(16-21(27)2)28-24(20-33(32-28)25-9-6-5-7-10-25)17-23(18-30)29(34)31-19-26-11-8-15-35-26/h5-7,9-10,12-13,16-17,20,26H,3-4,8,11,14-15,19H2,1-2H3,(H,31,34)/b23-17-/t26-/m0/s1. The topological polar surface area (TPSA) is 89.2 Å². The van der Waals surface area contributed by atoms with Crippen LogP contribution in [0.4, 0.5) is 0 Å². The third kappa shape index (κ3) is 6.21. The third-order valence-electron chi connectivity index (χ3n) is 6.15. The van der Waals surface area contributed by atoms with Crippen molar-refractivity contribution >= 4 is 12.0 Å². The number of nitrogens with zero attached hydrogens (tertiary/aromatic N) is 3. The molecule has 0 saturated carbocycles. The predicted molar refractivity (Wildman–Crippen MR) is 140 cm³/mol. The van der Waals surface area contributed by atoms with Crippen LogP contribution in [0.25, 0.3) is 23.0 Å². The van der Waals surface area contributed by atoms with E-state index in [-0.39, 0.29) is 11.7 Å². The minimum absolute atomic E-state index is 0.00585. The van der Waals surface area contributed by atoms with Crippen LogP contribution in [0.1, 0.15) is 43.7 Å². The average molecular weight is 485 g/mol. The Balaban J connectivity index is 1.66. The molecule has 7 nitrogen and oxygen atoms in total. The zero-order chi connectivity index (χ0) is 25.3. The number of amides is 1. The van der Waals surface area contributed by atoms with Crippen LogP contribution in [0, 0.1) is 18.3 Å². The molecule has 1 N–H and O–H groups in total. The molecule has 0 radical (unpaired) electrons. The second-order valence-electron chi connectivity index (χ2n) is 8.91. The summed E-state index contributed by atoms with van der Waals surface area (Å²) >= 11 is 0. The largest absolute Gasteiger partial charge is 0.493 e. The van der Waals surface area contributed by atoms with Crippen LogP contribution in [-0.2, 0) is 9.53 Å². The Bertz CT molecular complexity index is 1250. The van der Waals surface area contributed by atoms with Crippen LogP contribution in [-0.4, -0.2) is 41.6 Å². The number of carbonyl (C=O) groups excluding carboxylic acids is 1. The smallest absolute Gasteiger partial charge is 0.262 e. The van der Waals surface area contributed by atoms with Crippen molar-refractivity contribution in [3.8, 4) is 28.8 Å². The van der Waals surface area contributed by atoms with Crippen LogP contribution in [0.3, 0.4) is 0 Å². The second kappa shape index (κ2) is 12.2. The third-order valence-corrected chi connectivity index (χ3v) is 6.15. The quantitative estimate of drug-likeness (QED) is 0.242. The highest BCUT2D eigenvalue weighted by atomic mass is 16.5. The monoisotopic (exact) mass is 484 g/mol. The zero-order valence-electron chi connectivity index (χ0n) is 20.9. The maximum atomic E-state index is 12.8. The van der Waals surface area contributed by atoms with Gasteiger partial charge in [0.05, 0.1) is 18.4 Å². The lowest BCUT2D eigenvalue weighted by atomic mass is 10.0. The van der Waals surface area contributed by atoms with Gasteiger partial charge in [-0.3, -0.25) is 4.79 Å². The molecule has 0 bridgehead atoms. The fourth-order valence-electron chi connectivity index (χ4n) is 4.13. The summed E-state index contributed by atoms with van der Waals surface area (Å²) < 4.78 is 13.3. The number of nitriles is 1. The van der Waals surface area contributed by atoms with Gasteiger partial charge in [0.1, 0.15) is 23.1 Å². The molecule has 0 unspecified atom stereocenters. The van der Waals surface area contributed by atoms with Gasteiger partial charge in [-0.15, -0.1) is 0 Å². The lowest BCUT2D eigenvalue weighted by molar-refractivity contribution is -0.117. The number of rotatable bonds is 10. The van der Waals surface area contributed by atoms with Gasteiger partial charge in [0.15, 0.2) is 0 Å². The molecule has 36 heavy (non-hydrogen) atoms. The Morgan fingerprint density at radius 2 is 2.14 bits per heavy atom. The van der Waals surface area contributed by atoms with Gasteiger partial charge in [-0.25, -0.2) is 4.68 Å². The molecule has 4 rings (SSSR count). The molecule has 0 aliphatic carbocycles. The highest BCUT2D eigenvalue weighted by molar-refractivity contribution is 6.02. The van der Waals surface area contributed by atoms with Gasteiger partial charge in [0, 0.05) is 30.5 Å². The van der Waals surface area contributed by atoms with Crippen LogP contribution >= 0.6 is 0 Å². The predicted octanol–water partition coefficient (Wildman–Crippen LogP) is 5.23. The van der Waals surface area contributed by atoms with Gasteiger partial charge in [0.2, 0.25) is 0 Å². The van der Waals surface area contributed by atoms with E-state index < -0.39 is 5.91 Å². The lowest BCUT2D eigenvalue weighted by Crippen LogP contribution is -2.32. The number of nitrogens with one attached hydrogen (secondary N) is 1. The minimum Gasteiger partial charge on any atom is -0.493 e. The number of ether oxygens (including phenoxy) is 2. The molecule has 1 fully saturated rings. The van der Waals surface area contributed by atoms with E-state index in [1.807, 2.05) is 61.7 Å². The van der Waals surface area contributed by atoms with Crippen molar-refractivity contribution in [1.82, 2.24) is 15.1 Å². The van der Waals surface area contributed by atoms with Crippen molar-refractivity contribution in [3.63, 3.8) is 0 Å². The highest BCUT2D eigenvalue weighted by Crippen LogP contribution is 2.30. The Morgan fingerprint density at radius 1 is 1.31 bits per heavy atom. The summed E-state index contributed by atoms with van der Waals surface area (Å²) in [5.74, 6) is 0.431. The Hall–Kier alpha value is -3.89. The molecule has 1 aromatic heterocycles. The first-order valence-electron chi connectivity index (χ1n) is 12.5. The van der Waals surface area contributed by atoms with Crippen LogP contribution in [0.5, 0.6) is 5.75 Å². The average Bonchev–Trinajstić information content (AvgIpc) is 3.58. The molecule has 1 amide bonds. The zero-order valence-corrected chi connectivity index (χ0v) is 20.9. The molecule has 3 aromatic rings. The molecule has 1 aliphatic rings. The van der Waals surface area contributed by atoms with Crippen LogP contribution in [0.2, 0.25) is 0 Å². The van der Waals surface area contributed by atoms with E-state index in [0.717, 1.165) is 48.2 Å². The number of para-hydroxylation sites is 1. The molecular weight excluding hydrogens is 452 g/mol. The summed E-state index contributed by atoms with van der Waals surface area (Å²) in [4.78, 5) is 12.8. The molecule has 2 heterocycles. The lowest BCUT2D eigenvalue weighted by Gasteiger charge is -2.11. The number of hydrogen-bond acceptors (Lipinski definition) is 5. The molecule has 1 atom stereocenters. The van der Waals surface area contributed by atoms with Crippen LogP contribution in [0.15, 0.2) is 60.3 Å². The fraction of sp³-hybridized carbons (Fsp3) is 0.345. The molecule has 186 valence electrons. The van der Waals surface area contributed by atoms with Gasteiger partial charge in [-0.05, 0) is 68.2 Å². The first-order chi connectivity index (χ1) is 17.6. The molecule has 0 spiro atoms. The van der Waals surface area contributed by atoms with Crippen molar-refractivity contribution in [2.45, 2.75) is 45.6 Å². The van der Waals surface area contributed by atoms with Gasteiger partial charge in [0.25, 0.3) is 5.91 Å². The Morgan fingerprint density at radius 3 is 2.83 bits per heavy atom. The normalized spacial score (nSPS) is 15.5.